The largest absolute Gasteiger partial charge is 0.276 e. The first kappa shape index (κ1) is 25.6. The molecule has 0 saturated heterocycles. The zero-order chi connectivity index (χ0) is 30.6. The van der Waals surface area contributed by atoms with E-state index in [9.17, 15) is 0 Å². The number of hydrogen-bond donors (Lipinski definition) is 0. The van der Waals surface area contributed by atoms with Crippen LogP contribution < -0.4 is 0 Å². The normalized spacial score (nSPS) is 12.3. The molecule has 0 unspecified atom stereocenters. The second kappa shape index (κ2) is 9.46. The molecule has 4 aromatic heterocycles. The molecule has 0 spiro atoms. The van der Waals surface area contributed by atoms with Crippen molar-refractivity contribution in [3.63, 3.8) is 0 Å². The molecule has 0 amide bonds. The Kier molecular flexibility index (Phi) is 5.14. The molecule has 0 aliphatic carbocycles. The Labute approximate surface area is 276 Å². The van der Waals surface area contributed by atoms with E-state index >= 15 is 0 Å². The number of aromatic nitrogens is 3. The van der Waals surface area contributed by atoms with Crippen LogP contribution in [0.3, 0.4) is 0 Å². The zero-order valence-corrected chi connectivity index (χ0v) is 26.6. The van der Waals surface area contributed by atoms with Crippen LogP contribution in [0.4, 0.5) is 0 Å². The highest BCUT2D eigenvalue weighted by Crippen LogP contribution is 2.48. The lowest BCUT2D eigenvalue weighted by Gasteiger charge is -2.12. The molecule has 7 aromatic carbocycles. The summed E-state index contributed by atoms with van der Waals surface area (Å²) >= 11 is 3.76. The van der Waals surface area contributed by atoms with Crippen molar-refractivity contribution < 1.29 is 0 Å². The monoisotopic (exact) mass is 633 g/mol. The van der Waals surface area contributed by atoms with E-state index in [4.69, 9.17) is 9.97 Å². The fourth-order valence-electron chi connectivity index (χ4n) is 7.59. The molecule has 0 radical (unpaired) electrons. The van der Waals surface area contributed by atoms with Gasteiger partial charge in [-0.2, -0.15) is 0 Å². The van der Waals surface area contributed by atoms with Gasteiger partial charge in [0, 0.05) is 62.8 Å². The lowest BCUT2D eigenvalue weighted by atomic mass is 9.98. The SMILES string of the molecule is c1ccc(-c2nc(-n3c4ccccc4c4ccc5c(sc6ccc7ccc8sc9ccccc9c8c7c65)c43)nc3ccccc23)cc1. The molecule has 0 N–H and O–H groups in total. The van der Waals surface area contributed by atoms with Gasteiger partial charge in [-0.15, -0.1) is 22.7 Å². The highest BCUT2D eigenvalue weighted by atomic mass is 32.1. The second-order valence-electron chi connectivity index (χ2n) is 12.1. The molecule has 218 valence electrons. The molecule has 0 saturated carbocycles. The first-order valence-electron chi connectivity index (χ1n) is 15.8. The van der Waals surface area contributed by atoms with Gasteiger partial charge in [-0.05, 0) is 35.7 Å². The van der Waals surface area contributed by atoms with Gasteiger partial charge in [0.25, 0.3) is 0 Å². The molecule has 0 aliphatic rings. The van der Waals surface area contributed by atoms with Gasteiger partial charge in [0.1, 0.15) is 0 Å². The molecule has 47 heavy (non-hydrogen) atoms. The van der Waals surface area contributed by atoms with E-state index in [0.717, 1.165) is 33.2 Å². The van der Waals surface area contributed by atoms with Crippen LogP contribution in [0.1, 0.15) is 0 Å². The van der Waals surface area contributed by atoms with E-state index in [0.29, 0.717) is 5.95 Å². The second-order valence-corrected chi connectivity index (χ2v) is 14.3. The van der Waals surface area contributed by atoms with Gasteiger partial charge in [-0.25, -0.2) is 9.97 Å². The van der Waals surface area contributed by atoms with Crippen LogP contribution >= 0.6 is 22.7 Å². The summed E-state index contributed by atoms with van der Waals surface area (Å²) in [5, 5.41) is 11.4. The predicted octanol–water partition coefficient (Wildman–Crippen LogP) is 12.3. The molecular formula is C42H23N3S2. The van der Waals surface area contributed by atoms with Crippen molar-refractivity contribution >= 4 is 106 Å². The zero-order valence-electron chi connectivity index (χ0n) is 24.9. The minimum atomic E-state index is 0.690. The third-order valence-electron chi connectivity index (χ3n) is 9.60. The van der Waals surface area contributed by atoms with Crippen LogP contribution in [-0.4, -0.2) is 14.5 Å². The highest BCUT2D eigenvalue weighted by molar-refractivity contribution is 7.27. The van der Waals surface area contributed by atoms with Crippen LogP contribution in [0.2, 0.25) is 0 Å². The van der Waals surface area contributed by atoms with E-state index in [1.165, 1.54) is 61.9 Å². The van der Waals surface area contributed by atoms with Gasteiger partial charge >= 0.3 is 0 Å². The number of para-hydroxylation sites is 2. The lowest BCUT2D eigenvalue weighted by Crippen LogP contribution is -2.03. The summed E-state index contributed by atoms with van der Waals surface area (Å²) in [6.07, 6.45) is 0. The van der Waals surface area contributed by atoms with E-state index in [2.05, 4.69) is 144 Å². The average molecular weight is 634 g/mol. The summed E-state index contributed by atoms with van der Waals surface area (Å²) < 4.78 is 7.52. The van der Waals surface area contributed by atoms with Crippen molar-refractivity contribution in [1.29, 1.82) is 0 Å². The van der Waals surface area contributed by atoms with Crippen molar-refractivity contribution in [1.82, 2.24) is 14.5 Å². The molecule has 3 nitrogen and oxygen atoms in total. The Morgan fingerprint density at radius 2 is 1.13 bits per heavy atom. The van der Waals surface area contributed by atoms with Crippen LogP contribution in [0, 0.1) is 0 Å². The molecule has 0 atom stereocenters. The molecule has 0 bridgehead atoms. The summed E-state index contributed by atoms with van der Waals surface area (Å²) in [4.78, 5) is 10.6. The Hall–Kier alpha value is -5.62. The van der Waals surface area contributed by atoms with Crippen molar-refractivity contribution in [3.05, 3.63) is 140 Å². The number of nitrogens with zero attached hydrogens (tertiary/aromatic N) is 3. The van der Waals surface area contributed by atoms with E-state index < -0.39 is 0 Å². The van der Waals surface area contributed by atoms with Gasteiger partial charge in [0.2, 0.25) is 5.95 Å². The summed E-state index contributed by atoms with van der Waals surface area (Å²) in [6.45, 7) is 0. The van der Waals surface area contributed by atoms with Crippen LogP contribution in [0.5, 0.6) is 0 Å². The maximum absolute atomic E-state index is 5.35. The van der Waals surface area contributed by atoms with Crippen LogP contribution in [-0.2, 0) is 0 Å². The van der Waals surface area contributed by atoms with E-state index in [1.807, 2.05) is 22.7 Å². The van der Waals surface area contributed by atoms with Gasteiger partial charge in [-0.1, -0.05) is 109 Å². The van der Waals surface area contributed by atoms with Gasteiger partial charge in [0.15, 0.2) is 0 Å². The van der Waals surface area contributed by atoms with Crippen molar-refractivity contribution in [2.24, 2.45) is 0 Å². The summed E-state index contributed by atoms with van der Waals surface area (Å²) in [5.74, 6) is 0.690. The van der Waals surface area contributed by atoms with Gasteiger partial charge < -0.3 is 0 Å². The Balaban J connectivity index is 1.32. The summed E-state index contributed by atoms with van der Waals surface area (Å²) in [5.41, 5.74) is 5.23. The third-order valence-corrected chi connectivity index (χ3v) is 11.9. The molecular weight excluding hydrogens is 611 g/mol. The smallest absolute Gasteiger partial charge is 0.235 e. The molecule has 11 rings (SSSR count). The fourth-order valence-corrected chi connectivity index (χ4v) is 9.95. The quantitative estimate of drug-likeness (QED) is 0.190. The Morgan fingerprint density at radius 1 is 0.447 bits per heavy atom. The number of rotatable bonds is 2. The maximum atomic E-state index is 5.35. The topological polar surface area (TPSA) is 30.7 Å². The Morgan fingerprint density at radius 3 is 2.00 bits per heavy atom. The number of thiophene rings is 2. The van der Waals surface area contributed by atoms with E-state index in [1.54, 1.807) is 0 Å². The first-order chi connectivity index (χ1) is 23.3. The number of benzene rings is 7. The summed E-state index contributed by atoms with van der Waals surface area (Å²) in [7, 11) is 0. The summed E-state index contributed by atoms with van der Waals surface area (Å²) in [6, 6.07) is 50.1. The molecule has 4 heterocycles. The average Bonchev–Trinajstić information content (AvgIpc) is 3.81. The molecule has 11 aromatic rings. The third kappa shape index (κ3) is 3.50. The number of fused-ring (bicyclic) bond motifs is 14. The molecule has 5 heteroatoms. The minimum Gasteiger partial charge on any atom is -0.276 e. The van der Waals surface area contributed by atoms with Gasteiger partial charge in [-0.3, -0.25) is 4.57 Å². The number of hydrogen-bond acceptors (Lipinski definition) is 4. The van der Waals surface area contributed by atoms with E-state index in [-0.39, 0.29) is 0 Å². The van der Waals surface area contributed by atoms with Crippen LogP contribution in [0.25, 0.3) is 101 Å². The Bertz CT molecular complexity index is 3070. The standard InChI is InChI=1S/C42H23N3S2/c1-2-10-25(11-3-1)39-28-13-4-7-15-31(28)43-42(44-39)45-32-16-8-5-12-26(32)27-20-21-30-38-35(47-41(30)40(27)45)23-19-24-18-22-34-37(36(24)38)29-14-6-9-17-33(29)46-34/h1-23H. The van der Waals surface area contributed by atoms with Crippen molar-refractivity contribution in [2.45, 2.75) is 0 Å². The highest BCUT2D eigenvalue weighted by Gasteiger charge is 2.22. The predicted molar refractivity (Wildman–Crippen MR) is 203 cm³/mol. The lowest BCUT2D eigenvalue weighted by molar-refractivity contribution is 1.02. The molecule has 0 fully saturated rings. The van der Waals surface area contributed by atoms with Crippen LogP contribution in [0.15, 0.2) is 140 Å². The maximum Gasteiger partial charge on any atom is 0.235 e. The fraction of sp³-hybridized carbons (Fsp3) is 0. The van der Waals surface area contributed by atoms with Crippen molar-refractivity contribution in [3.8, 4) is 17.2 Å². The first-order valence-corrected chi connectivity index (χ1v) is 17.4. The van der Waals surface area contributed by atoms with Crippen molar-refractivity contribution in [2.75, 3.05) is 0 Å². The molecule has 0 aliphatic heterocycles. The minimum absolute atomic E-state index is 0.690. The van der Waals surface area contributed by atoms with Gasteiger partial charge in [0.05, 0.1) is 26.9 Å².